The second-order valence-electron chi connectivity index (χ2n) is 4.51. The molecule has 0 amide bonds. The molecule has 0 atom stereocenters. The highest BCUT2D eigenvalue weighted by molar-refractivity contribution is 6.34. The molecule has 0 spiro atoms. The largest absolute Gasteiger partial charge is 0.495 e. The Morgan fingerprint density at radius 1 is 1.33 bits per heavy atom. The Kier molecular flexibility index (Phi) is 3.15. The van der Waals surface area contributed by atoms with Crippen molar-refractivity contribution >= 4 is 17.6 Å². The number of rotatable bonds is 4. The molecule has 1 aromatic rings. The number of hydrogen-bond donors (Lipinski definition) is 1. The molecule has 1 aliphatic rings. The lowest BCUT2D eigenvalue weighted by molar-refractivity contribution is -0.140. The van der Waals surface area contributed by atoms with Gasteiger partial charge in [-0.2, -0.15) is 0 Å². The van der Waals surface area contributed by atoms with Crippen molar-refractivity contribution in [2.45, 2.75) is 25.2 Å². The van der Waals surface area contributed by atoms with Gasteiger partial charge in [-0.25, -0.2) is 0 Å². The van der Waals surface area contributed by atoms with Crippen LogP contribution in [0.4, 0.5) is 0 Å². The number of carbonyl (C=O) groups is 1. The fourth-order valence-corrected chi connectivity index (χ4v) is 2.68. The van der Waals surface area contributed by atoms with Crippen LogP contribution in [0.1, 0.15) is 24.0 Å². The van der Waals surface area contributed by atoms with E-state index in [4.69, 9.17) is 21.1 Å². The van der Waals surface area contributed by atoms with E-state index in [0.717, 1.165) is 5.56 Å². The number of aryl methyl sites for hydroxylation is 1. The minimum Gasteiger partial charge on any atom is -0.495 e. The highest BCUT2D eigenvalue weighted by atomic mass is 35.5. The van der Waals surface area contributed by atoms with Gasteiger partial charge in [0.25, 0.3) is 0 Å². The van der Waals surface area contributed by atoms with Crippen molar-refractivity contribution in [1.29, 1.82) is 0 Å². The first-order valence-electron chi connectivity index (χ1n) is 5.63. The number of benzene rings is 1. The SMILES string of the molecule is COc1c(C)cc(C2(C(=O)O)CC2)c(OC)c1Cl. The summed E-state index contributed by atoms with van der Waals surface area (Å²) in [5.74, 6) is 0.0962. The Morgan fingerprint density at radius 3 is 2.28 bits per heavy atom. The summed E-state index contributed by atoms with van der Waals surface area (Å²) in [6.45, 7) is 1.84. The summed E-state index contributed by atoms with van der Waals surface area (Å²) in [5.41, 5.74) is 0.609. The molecule has 18 heavy (non-hydrogen) atoms. The van der Waals surface area contributed by atoms with Gasteiger partial charge in [-0.05, 0) is 31.4 Å². The summed E-state index contributed by atoms with van der Waals surface area (Å²) in [6, 6.07) is 1.80. The third-order valence-corrected chi connectivity index (χ3v) is 3.79. The first kappa shape index (κ1) is 13.0. The second-order valence-corrected chi connectivity index (χ2v) is 4.89. The van der Waals surface area contributed by atoms with E-state index < -0.39 is 11.4 Å². The van der Waals surface area contributed by atoms with Crippen LogP contribution in [0.25, 0.3) is 0 Å². The summed E-state index contributed by atoms with van der Waals surface area (Å²) in [5, 5.41) is 9.69. The van der Waals surface area contributed by atoms with Crippen LogP contribution in [0, 0.1) is 6.92 Å². The number of methoxy groups -OCH3 is 2. The van der Waals surface area contributed by atoms with Crippen molar-refractivity contribution in [2.75, 3.05) is 14.2 Å². The quantitative estimate of drug-likeness (QED) is 0.914. The molecule has 4 nitrogen and oxygen atoms in total. The molecular weight excluding hydrogens is 256 g/mol. The Morgan fingerprint density at radius 2 is 1.89 bits per heavy atom. The van der Waals surface area contributed by atoms with Crippen LogP contribution in [0.3, 0.4) is 0 Å². The summed E-state index contributed by atoms with van der Waals surface area (Å²) in [7, 11) is 3.01. The molecule has 1 aromatic carbocycles. The van der Waals surface area contributed by atoms with E-state index in [1.807, 2.05) is 6.92 Å². The average Bonchev–Trinajstić information content (AvgIpc) is 3.10. The van der Waals surface area contributed by atoms with Crippen LogP contribution in [-0.2, 0) is 10.2 Å². The Labute approximate surface area is 110 Å². The van der Waals surface area contributed by atoms with Crippen LogP contribution in [0.15, 0.2) is 6.07 Å². The smallest absolute Gasteiger partial charge is 0.314 e. The van der Waals surface area contributed by atoms with Gasteiger partial charge in [-0.1, -0.05) is 11.6 Å². The first-order valence-corrected chi connectivity index (χ1v) is 6.00. The van der Waals surface area contributed by atoms with Gasteiger partial charge >= 0.3 is 5.97 Å². The molecule has 1 saturated carbocycles. The normalized spacial score (nSPS) is 16.2. The minimum absolute atomic E-state index is 0.336. The molecular formula is C13H15ClO4. The maximum absolute atomic E-state index is 11.4. The molecule has 5 heteroatoms. The molecule has 0 saturated heterocycles. The topological polar surface area (TPSA) is 55.8 Å². The molecule has 98 valence electrons. The number of ether oxygens (including phenoxy) is 2. The fraction of sp³-hybridized carbons (Fsp3) is 0.462. The lowest BCUT2D eigenvalue weighted by atomic mass is 9.93. The summed E-state index contributed by atoms with van der Waals surface area (Å²) < 4.78 is 10.5. The zero-order chi connectivity index (χ0) is 13.5. The fourth-order valence-electron chi connectivity index (χ4n) is 2.27. The highest BCUT2D eigenvalue weighted by Crippen LogP contribution is 2.55. The third-order valence-electron chi connectivity index (χ3n) is 3.45. The maximum Gasteiger partial charge on any atom is 0.314 e. The van der Waals surface area contributed by atoms with Gasteiger partial charge in [-0.15, -0.1) is 0 Å². The Hall–Kier alpha value is -1.42. The first-order chi connectivity index (χ1) is 8.47. The maximum atomic E-state index is 11.4. The molecule has 0 bridgehead atoms. The Balaban J connectivity index is 2.66. The van der Waals surface area contributed by atoms with Gasteiger partial charge in [-0.3, -0.25) is 4.79 Å². The van der Waals surface area contributed by atoms with Gasteiger partial charge in [0.2, 0.25) is 0 Å². The minimum atomic E-state index is -0.841. The monoisotopic (exact) mass is 270 g/mol. The molecule has 0 unspecified atom stereocenters. The molecule has 1 N–H and O–H groups in total. The van der Waals surface area contributed by atoms with E-state index in [1.54, 1.807) is 6.07 Å². The van der Waals surface area contributed by atoms with E-state index in [2.05, 4.69) is 0 Å². The van der Waals surface area contributed by atoms with Gasteiger partial charge in [0.1, 0.15) is 16.5 Å². The van der Waals surface area contributed by atoms with E-state index in [9.17, 15) is 9.90 Å². The molecule has 0 aliphatic heterocycles. The van der Waals surface area contributed by atoms with Crippen LogP contribution in [0.5, 0.6) is 11.5 Å². The summed E-state index contributed by atoms with van der Waals surface area (Å²) >= 11 is 6.22. The molecule has 1 fully saturated rings. The number of hydrogen-bond acceptors (Lipinski definition) is 3. The highest BCUT2D eigenvalue weighted by Gasteiger charge is 2.54. The number of carboxylic acid groups (broad SMARTS) is 1. The average molecular weight is 271 g/mol. The van der Waals surface area contributed by atoms with E-state index >= 15 is 0 Å². The summed E-state index contributed by atoms with van der Waals surface area (Å²) in [6.07, 6.45) is 1.22. The lowest BCUT2D eigenvalue weighted by Crippen LogP contribution is -2.20. The van der Waals surface area contributed by atoms with Crippen molar-refractivity contribution in [2.24, 2.45) is 0 Å². The zero-order valence-electron chi connectivity index (χ0n) is 10.5. The molecule has 2 rings (SSSR count). The lowest BCUT2D eigenvalue weighted by Gasteiger charge is -2.19. The summed E-state index contributed by atoms with van der Waals surface area (Å²) in [4.78, 5) is 11.4. The van der Waals surface area contributed by atoms with Gasteiger partial charge in [0.05, 0.1) is 19.6 Å². The van der Waals surface area contributed by atoms with E-state index in [0.29, 0.717) is 34.9 Å². The van der Waals surface area contributed by atoms with Crippen molar-refractivity contribution in [3.05, 3.63) is 22.2 Å². The van der Waals surface area contributed by atoms with Gasteiger partial charge in [0.15, 0.2) is 0 Å². The predicted molar refractivity (Wildman–Crippen MR) is 67.8 cm³/mol. The zero-order valence-corrected chi connectivity index (χ0v) is 11.3. The van der Waals surface area contributed by atoms with Crippen molar-refractivity contribution < 1.29 is 19.4 Å². The van der Waals surface area contributed by atoms with Crippen molar-refractivity contribution in [3.63, 3.8) is 0 Å². The van der Waals surface area contributed by atoms with Crippen LogP contribution in [-0.4, -0.2) is 25.3 Å². The third kappa shape index (κ3) is 1.72. The predicted octanol–water partition coefficient (Wildman–Crippen LogP) is 2.78. The molecule has 0 heterocycles. The van der Waals surface area contributed by atoms with E-state index in [1.165, 1.54) is 14.2 Å². The Bertz CT molecular complexity index is 506. The molecule has 1 aliphatic carbocycles. The van der Waals surface area contributed by atoms with Crippen molar-refractivity contribution in [1.82, 2.24) is 0 Å². The van der Waals surface area contributed by atoms with Crippen molar-refractivity contribution in [3.8, 4) is 11.5 Å². The van der Waals surface area contributed by atoms with Crippen LogP contribution < -0.4 is 9.47 Å². The number of aliphatic carboxylic acids is 1. The second kappa shape index (κ2) is 4.35. The van der Waals surface area contributed by atoms with Crippen LogP contribution in [0.2, 0.25) is 5.02 Å². The molecule has 0 radical (unpaired) electrons. The molecule has 0 aromatic heterocycles. The number of halogens is 1. The van der Waals surface area contributed by atoms with Crippen LogP contribution >= 0.6 is 11.6 Å². The van der Waals surface area contributed by atoms with Gasteiger partial charge < -0.3 is 14.6 Å². The standard InChI is InChI=1S/C13H15ClO4/c1-7-6-8(13(4-5-13)12(15)16)11(18-3)9(14)10(7)17-2/h6H,4-5H2,1-3H3,(H,15,16). The number of carboxylic acids is 1. The van der Waals surface area contributed by atoms with E-state index in [-0.39, 0.29) is 0 Å². The van der Waals surface area contributed by atoms with Gasteiger partial charge in [0, 0.05) is 5.56 Å².